The predicted molar refractivity (Wildman–Crippen MR) is 78.9 cm³/mol. The summed E-state index contributed by atoms with van der Waals surface area (Å²) in [6, 6.07) is 9.93. The van der Waals surface area contributed by atoms with E-state index in [9.17, 15) is 0 Å². The fraction of sp³-hybridized carbons (Fsp3) is 0.312. The van der Waals surface area contributed by atoms with Crippen LogP contribution in [0.4, 0.5) is 0 Å². The molecule has 0 saturated carbocycles. The molecular weight excluding hydrogens is 222 g/mol. The summed E-state index contributed by atoms with van der Waals surface area (Å²) in [5.74, 6) is 0.583. The van der Waals surface area contributed by atoms with E-state index in [-0.39, 0.29) is 0 Å². The van der Waals surface area contributed by atoms with Crippen LogP contribution in [-0.2, 0) is 11.3 Å². The minimum Gasteiger partial charge on any atom is -0.487 e. The molecule has 1 N–H and O–H groups in total. The van der Waals surface area contributed by atoms with Crippen molar-refractivity contribution in [1.29, 1.82) is 5.41 Å². The fourth-order valence-electron chi connectivity index (χ4n) is 1.17. The Hall–Kier alpha value is -1.83. The molecule has 0 heterocycles. The normalized spacial score (nSPS) is 11.3. The molecule has 0 atom stereocenters. The standard InChI is InChI=1S/C14H17NO.C2H6/c1-3-12(2)9-14(10-15)16-11-13-7-5-4-6-8-13;1-2/h3-10,15H,11H2,1-2H3;1-2H3/b12-3-,14-9+,15-10?;. The van der Waals surface area contributed by atoms with Gasteiger partial charge in [0.2, 0.25) is 0 Å². The zero-order chi connectivity index (χ0) is 13.8. The summed E-state index contributed by atoms with van der Waals surface area (Å²) < 4.78 is 5.53. The Bertz CT molecular complexity index is 391. The minimum atomic E-state index is 0.499. The SMILES string of the molecule is C/C=C(C)\C=C(/C=N)OCc1ccccc1.CC. The summed E-state index contributed by atoms with van der Waals surface area (Å²) >= 11 is 0. The zero-order valence-corrected chi connectivity index (χ0v) is 11.7. The molecule has 2 heteroatoms. The lowest BCUT2D eigenvalue weighted by molar-refractivity contribution is 0.219. The maximum atomic E-state index is 7.25. The van der Waals surface area contributed by atoms with Gasteiger partial charge in [0.1, 0.15) is 12.4 Å². The Balaban J connectivity index is 0.00000137. The van der Waals surface area contributed by atoms with Gasteiger partial charge in [-0.2, -0.15) is 0 Å². The highest BCUT2D eigenvalue weighted by Gasteiger charge is 1.96. The van der Waals surface area contributed by atoms with Crippen LogP contribution in [0.2, 0.25) is 0 Å². The van der Waals surface area contributed by atoms with Gasteiger partial charge < -0.3 is 10.1 Å². The molecule has 0 spiro atoms. The van der Waals surface area contributed by atoms with E-state index in [4.69, 9.17) is 10.1 Å². The van der Waals surface area contributed by atoms with E-state index in [0.29, 0.717) is 12.4 Å². The van der Waals surface area contributed by atoms with E-state index >= 15 is 0 Å². The van der Waals surface area contributed by atoms with Crippen molar-refractivity contribution in [3.63, 3.8) is 0 Å². The maximum Gasteiger partial charge on any atom is 0.137 e. The third-order valence-corrected chi connectivity index (χ3v) is 2.22. The zero-order valence-electron chi connectivity index (χ0n) is 11.7. The first-order valence-electron chi connectivity index (χ1n) is 6.28. The van der Waals surface area contributed by atoms with Crippen LogP contribution >= 0.6 is 0 Å². The van der Waals surface area contributed by atoms with Crippen molar-refractivity contribution in [3.05, 3.63) is 59.4 Å². The molecule has 0 aliphatic rings. The first-order chi connectivity index (χ1) is 8.76. The Morgan fingerprint density at radius 1 is 1.22 bits per heavy atom. The van der Waals surface area contributed by atoms with Crippen LogP contribution in [0.1, 0.15) is 33.3 Å². The molecule has 0 aliphatic heterocycles. The lowest BCUT2D eigenvalue weighted by Crippen LogP contribution is -1.94. The summed E-state index contributed by atoms with van der Waals surface area (Å²) in [4.78, 5) is 0. The van der Waals surface area contributed by atoms with Crippen LogP contribution < -0.4 is 0 Å². The van der Waals surface area contributed by atoms with E-state index in [2.05, 4.69) is 0 Å². The number of allylic oxidation sites excluding steroid dienone is 4. The topological polar surface area (TPSA) is 33.1 Å². The van der Waals surface area contributed by atoms with Gasteiger partial charge in [-0.25, -0.2) is 0 Å². The van der Waals surface area contributed by atoms with Crippen molar-refractivity contribution >= 4 is 6.21 Å². The minimum absolute atomic E-state index is 0.499. The van der Waals surface area contributed by atoms with Crippen LogP contribution in [0.15, 0.2) is 53.8 Å². The Labute approximate surface area is 111 Å². The highest BCUT2D eigenvalue weighted by Crippen LogP contribution is 2.07. The van der Waals surface area contributed by atoms with E-state index in [0.717, 1.165) is 11.1 Å². The van der Waals surface area contributed by atoms with Crippen molar-refractivity contribution in [2.24, 2.45) is 0 Å². The number of rotatable bonds is 5. The average Bonchev–Trinajstić information content (AvgIpc) is 2.46. The van der Waals surface area contributed by atoms with Crippen molar-refractivity contribution in [1.82, 2.24) is 0 Å². The van der Waals surface area contributed by atoms with Crippen LogP contribution in [0.25, 0.3) is 0 Å². The lowest BCUT2D eigenvalue weighted by atomic mass is 10.2. The summed E-state index contributed by atoms with van der Waals surface area (Å²) in [5.41, 5.74) is 2.19. The highest BCUT2D eigenvalue weighted by molar-refractivity contribution is 5.73. The summed E-state index contributed by atoms with van der Waals surface area (Å²) in [5, 5.41) is 7.25. The molecule has 1 aromatic carbocycles. The number of ether oxygens (including phenoxy) is 1. The van der Waals surface area contributed by atoms with Gasteiger partial charge >= 0.3 is 0 Å². The molecule has 1 aromatic rings. The number of hydrogen-bond donors (Lipinski definition) is 1. The fourth-order valence-corrected chi connectivity index (χ4v) is 1.17. The molecule has 2 nitrogen and oxygen atoms in total. The van der Waals surface area contributed by atoms with E-state index in [1.165, 1.54) is 6.21 Å². The van der Waals surface area contributed by atoms with Gasteiger partial charge in [0, 0.05) is 0 Å². The second-order valence-electron chi connectivity index (χ2n) is 3.50. The summed E-state index contributed by atoms with van der Waals surface area (Å²) in [6.45, 7) is 8.44. The van der Waals surface area contributed by atoms with Crippen molar-refractivity contribution in [3.8, 4) is 0 Å². The quantitative estimate of drug-likeness (QED) is 0.454. The average molecular weight is 245 g/mol. The highest BCUT2D eigenvalue weighted by atomic mass is 16.5. The number of benzene rings is 1. The van der Waals surface area contributed by atoms with Gasteiger partial charge in [0.25, 0.3) is 0 Å². The number of hydrogen-bond acceptors (Lipinski definition) is 2. The molecule has 0 aromatic heterocycles. The molecule has 18 heavy (non-hydrogen) atoms. The molecule has 0 unspecified atom stereocenters. The van der Waals surface area contributed by atoms with Gasteiger partial charge in [-0.15, -0.1) is 0 Å². The Kier molecular flexibility index (Phi) is 9.28. The molecule has 0 saturated heterocycles. The van der Waals surface area contributed by atoms with Gasteiger partial charge in [-0.1, -0.05) is 55.8 Å². The van der Waals surface area contributed by atoms with Crippen LogP contribution in [0.3, 0.4) is 0 Å². The predicted octanol–water partition coefficient (Wildman–Crippen LogP) is 4.73. The van der Waals surface area contributed by atoms with Crippen molar-refractivity contribution in [2.75, 3.05) is 0 Å². The Morgan fingerprint density at radius 3 is 2.33 bits per heavy atom. The van der Waals surface area contributed by atoms with Crippen molar-refractivity contribution < 1.29 is 4.74 Å². The molecule has 0 aliphatic carbocycles. The van der Waals surface area contributed by atoms with Crippen LogP contribution in [0.5, 0.6) is 0 Å². The first-order valence-corrected chi connectivity index (χ1v) is 6.28. The molecule has 1 rings (SSSR count). The van der Waals surface area contributed by atoms with Gasteiger partial charge in [-0.3, -0.25) is 0 Å². The van der Waals surface area contributed by atoms with Crippen LogP contribution in [-0.4, -0.2) is 6.21 Å². The monoisotopic (exact) mass is 245 g/mol. The first kappa shape index (κ1) is 16.2. The Morgan fingerprint density at radius 2 is 1.83 bits per heavy atom. The lowest BCUT2D eigenvalue weighted by Gasteiger charge is -2.06. The third-order valence-electron chi connectivity index (χ3n) is 2.22. The largest absolute Gasteiger partial charge is 0.487 e. The molecule has 0 radical (unpaired) electrons. The molecule has 0 bridgehead atoms. The van der Waals surface area contributed by atoms with E-state index in [1.54, 1.807) is 0 Å². The van der Waals surface area contributed by atoms with E-state index in [1.807, 2.05) is 70.2 Å². The molecule has 0 fully saturated rings. The third kappa shape index (κ3) is 6.69. The van der Waals surface area contributed by atoms with Gasteiger partial charge in [0.15, 0.2) is 0 Å². The number of nitrogens with one attached hydrogen (secondary N) is 1. The molecule has 98 valence electrons. The summed E-state index contributed by atoms with van der Waals surface area (Å²) in [6.07, 6.45) is 5.07. The second kappa shape index (κ2) is 10.3. The van der Waals surface area contributed by atoms with Gasteiger partial charge in [-0.05, 0) is 25.5 Å². The van der Waals surface area contributed by atoms with Gasteiger partial charge in [0.05, 0.1) is 6.21 Å². The maximum absolute atomic E-state index is 7.25. The van der Waals surface area contributed by atoms with E-state index < -0.39 is 0 Å². The molecule has 0 amide bonds. The second-order valence-corrected chi connectivity index (χ2v) is 3.50. The smallest absolute Gasteiger partial charge is 0.137 e. The summed E-state index contributed by atoms with van der Waals surface area (Å²) in [7, 11) is 0. The molecular formula is C16H23NO. The van der Waals surface area contributed by atoms with Crippen molar-refractivity contribution in [2.45, 2.75) is 34.3 Å². The van der Waals surface area contributed by atoms with Crippen LogP contribution in [0, 0.1) is 5.41 Å².